The molecule has 0 radical (unpaired) electrons. The minimum atomic E-state index is -3.53. The summed E-state index contributed by atoms with van der Waals surface area (Å²) in [5.74, 6) is 0.117. The predicted octanol–water partition coefficient (Wildman–Crippen LogP) is 0.379. The minimum Gasteiger partial charge on any atom is -0.309 e. The lowest BCUT2D eigenvalue weighted by Gasteiger charge is -2.16. The van der Waals surface area contributed by atoms with Crippen LogP contribution in [-0.4, -0.2) is 57.8 Å². The van der Waals surface area contributed by atoms with Crippen molar-refractivity contribution in [3.05, 3.63) is 24.8 Å². The molecule has 0 aromatic carbocycles. The van der Waals surface area contributed by atoms with E-state index in [0.717, 1.165) is 18.7 Å². The van der Waals surface area contributed by atoms with Crippen LogP contribution in [0.1, 0.15) is 25.3 Å². The Bertz CT molecular complexity index is 902. The zero-order chi connectivity index (χ0) is 17.6. The normalized spacial score (nSPS) is 22.2. The molecule has 2 saturated heterocycles. The maximum atomic E-state index is 12.7. The first kappa shape index (κ1) is 16.3. The fourth-order valence-corrected chi connectivity index (χ4v) is 4.89. The van der Waals surface area contributed by atoms with Crippen molar-refractivity contribution in [3.63, 3.8) is 0 Å². The Morgan fingerprint density at radius 1 is 1.16 bits per heavy atom. The van der Waals surface area contributed by atoms with Gasteiger partial charge in [0, 0.05) is 45.5 Å². The standard InChI is InChI=1S/C15H20N6O3S/c1-18-11-14(8-16-18)25(23,24)19-6-4-12(9-19)21-10-13(7-17-21)20-5-2-3-15(20)22/h7-8,10-12H,2-6,9H2,1H3. The van der Waals surface area contributed by atoms with Crippen molar-refractivity contribution in [2.45, 2.75) is 30.2 Å². The van der Waals surface area contributed by atoms with E-state index in [1.54, 1.807) is 22.8 Å². The van der Waals surface area contributed by atoms with Crippen LogP contribution in [0.15, 0.2) is 29.7 Å². The van der Waals surface area contributed by atoms with E-state index in [-0.39, 0.29) is 16.8 Å². The van der Waals surface area contributed by atoms with Gasteiger partial charge in [0.05, 0.1) is 24.1 Å². The van der Waals surface area contributed by atoms with Crippen molar-refractivity contribution in [1.82, 2.24) is 23.9 Å². The summed E-state index contributed by atoms with van der Waals surface area (Å²) in [4.78, 5) is 13.8. The number of aromatic nitrogens is 4. The Morgan fingerprint density at radius 3 is 2.68 bits per heavy atom. The van der Waals surface area contributed by atoms with Crippen molar-refractivity contribution < 1.29 is 13.2 Å². The summed E-state index contributed by atoms with van der Waals surface area (Å²) in [7, 11) is -1.84. The first-order valence-electron chi connectivity index (χ1n) is 8.28. The highest BCUT2D eigenvalue weighted by atomic mass is 32.2. The number of amides is 1. The Kier molecular flexibility index (Phi) is 3.88. The number of rotatable bonds is 4. The van der Waals surface area contributed by atoms with E-state index < -0.39 is 10.0 Å². The molecule has 4 heterocycles. The fraction of sp³-hybridized carbons (Fsp3) is 0.533. The highest BCUT2D eigenvalue weighted by molar-refractivity contribution is 7.89. The summed E-state index contributed by atoms with van der Waals surface area (Å²) in [6.45, 7) is 1.53. The van der Waals surface area contributed by atoms with Crippen LogP contribution in [0.5, 0.6) is 0 Å². The van der Waals surface area contributed by atoms with Crippen LogP contribution < -0.4 is 4.90 Å². The third-order valence-electron chi connectivity index (χ3n) is 4.79. The first-order chi connectivity index (χ1) is 11.9. The van der Waals surface area contributed by atoms with E-state index in [2.05, 4.69) is 10.2 Å². The maximum Gasteiger partial charge on any atom is 0.246 e. The second-order valence-electron chi connectivity index (χ2n) is 6.48. The van der Waals surface area contributed by atoms with Crippen molar-refractivity contribution in [2.75, 3.05) is 24.5 Å². The van der Waals surface area contributed by atoms with E-state index >= 15 is 0 Å². The number of nitrogens with zero attached hydrogens (tertiary/aromatic N) is 6. The molecule has 0 bridgehead atoms. The minimum absolute atomic E-state index is 0.0297. The summed E-state index contributed by atoms with van der Waals surface area (Å²) in [5, 5.41) is 8.30. The molecule has 2 aliphatic heterocycles. The zero-order valence-corrected chi connectivity index (χ0v) is 14.8. The van der Waals surface area contributed by atoms with E-state index in [4.69, 9.17) is 0 Å². The molecule has 2 aromatic heterocycles. The van der Waals surface area contributed by atoms with Gasteiger partial charge in [-0.05, 0) is 12.8 Å². The van der Waals surface area contributed by atoms with Gasteiger partial charge in [-0.3, -0.25) is 14.2 Å². The molecule has 0 N–H and O–H groups in total. The van der Waals surface area contributed by atoms with E-state index in [0.29, 0.717) is 25.9 Å². The topological polar surface area (TPSA) is 93.3 Å². The smallest absolute Gasteiger partial charge is 0.246 e. The van der Waals surface area contributed by atoms with Gasteiger partial charge in [-0.2, -0.15) is 14.5 Å². The number of sulfonamides is 1. The molecule has 2 fully saturated rings. The molecule has 2 aromatic rings. The zero-order valence-electron chi connectivity index (χ0n) is 13.9. The Balaban J connectivity index is 1.49. The monoisotopic (exact) mass is 364 g/mol. The van der Waals surface area contributed by atoms with Crippen LogP contribution in [0, 0.1) is 0 Å². The van der Waals surface area contributed by atoms with Crippen LogP contribution in [0.25, 0.3) is 0 Å². The van der Waals surface area contributed by atoms with E-state index in [9.17, 15) is 13.2 Å². The molecule has 0 saturated carbocycles. The average molecular weight is 364 g/mol. The number of carbonyl (C=O) groups excluding carboxylic acids is 1. The molecule has 0 spiro atoms. The molecule has 9 nitrogen and oxygen atoms in total. The van der Waals surface area contributed by atoms with Crippen molar-refractivity contribution >= 4 is 21.6 Å². The van der Waals surface area contributed by atoms with E-state index in [1.807, 2.05) is 6.20 Å². The number of hydrogen-bond donors (Lipinski definition) is 0. The lowest BCUT2D eigenvalue weighted by Crippen LogP contribution is -2.29. The highest BCUT2D eigenvalue weighted by Crippen LogP contribution is 2.29. The number of carbonyl (C=O) groups is 1. The molecule has 2 aliphatic rings. The number of hydrogen-bond acceptors (Lipinski definition) is 5. The second kappa shape index (κ2) is 5.95. The third kappa shape index (κ3) is 2.85. The largest absolute Gasteiger partial charge is 0.309 e. The van der Waals surface area contributed by atoms with Crippen LogP contribution >= 0.6 is 0 Å². The molecule has 4 rings (SSSR count). The van der Waals surface area contributed by atoms with Gasteiger partial charge >= 0.3 is 0 Å². The summed E-state index contributed by atoms with van der Waals surface area (Å²) in [6, 6.07) is -0.0297. The Labute approximate surface area is 145 Å². The maximum absolute atomic E-state index is 12.7. The molecular weight excluding hydrogens is 344 g/mol. The van der Waals surface area contributed by atoms with Crippen molar-refractivity contribution in [3.8, 4) is 0 Å². The molecule has 10 heteroatoms. The Hall–Kier alpha value is -2.20. The predicted molar refractivity (Wildman–Crippen MR) is 89.4 cm³/mol. The first-order valence-corrected chi connectivity index (χ1v) is 9.72. The summed E-state index contributed by atoms with van der Waals surface area (Å²) < 4.78 is 30.1. The molecule has 1 unspecified atom stereocenters. The average Bonchev–Trinajstić information content (AvgIpc) is 3.33. The van der Waals surface area contributed by atoms with Gasteiger partial charge in [-0.1, -0.05) is 0 Å². The van der Waals surface area contributed by atoms with Gasteiger partial charge in [0.2, 0.25) is 15.9 Å². The Morgan fingerprint density at radius 2 is 2.00 bits per heavy atom. The molecule has 0 aliphatic carbocycles. The molecule has 1 amide bonds. The van der Waals surface area contributed by atoms with Gasteiger partial charge in [-0.15, -0.1) is 0 Å². The summed E-state index contributed by atoms with van der Waals surface area (Å²) >= 11 is 0. The number of aryl methyl sites for hydroxylation is 1. The SMILES string of the molecule is Cn1cc(S(=O)(=O)N2CCC(n3cc(N4CCCC4=O)cn3)C2)cn1. The second-order valence-corrected chi connectivity index (χ2v) is 8.42. The summed E-state index contributed by atoms with van der Waals surface area (Å²) in [5.41, 5.74) is 0.788. The van der Waals surface area contributed by atoms with Gasteiger partial charge in [0.15, 0.2) is 0 Å². The third-order valence-corrected chi connectivity index (χ3v) is 6.61. The van der Waals surface area contributed by atoms with Gasteiger partial charge in [-0.25, -0.2) is 8.42 Å². The lowest BCUT2D eigenvalue weighted by molar-refractivity contribution is -0.117. The quantitative estimate of drug-likeness (QED) is 0.782. The highest BCUT2D eigenvalue weighted by Gasteiger charge is 2.35. The molecule has 1 atom stereocenters. The summed E-state index contributed by atoms with van der Waals surface area (Å²) in [6.07, 6.45) is 8.53. The van der Waals surface area contributed by atoms with Crippen LogP contribution in [-0.2, 0) is 21.9 Å². The molecule has 25 heavy (non-hydrogen) atoms. The fourth-order valence-electron chi connectivity index (χ4n) is 3.41. The van der Waals surface area contributed by atoms with Crippen LogP contribution in [0.2, 0.25) is 0 Å². The van der Waals surface area contributed by atoms with Gasteiger partial charge in [0.1, 0.15) is 4.90 Å². The lowest BCUT2D eigenvalue weighted by atomic mass is 10.3. The van der Waals surface area contributed by atoms with Gasteiger partial charge < -0.3 is 4.90 Å². The van der Waals surface area contributed by atoms with Crippen molar-refractivity contribution in [2.24, 2.45) is 7.05 Å². The van der Waals surface area contributed by atoms with Crippen molar-refractivity contribution in [1.29, 1.82) is 0 Å². The molecular formula is C15H20N6O3S. The van der Waals surface area contributed by atoms with E-state index in [1.165, 1.54) is 21.4 Å². The van der Waals surface area contributed by atoms with Crippen LogP contribution in [0.4, 0.5) is 5.69 Å². The molecule has 134 valence electrons. The van der Waals surface area contributed by atoms with Gasteiger partial charge in [0.25, 0.3) is 0 Å². The number of anilines is 1. The van der Waals surface area contributed by atoms with Crippen LogP contribution in [0.3, 0.4) is 0 Å².